The molecule has 3 aromatic rings. The number of benzene rings is 3. The molecule has 3 rings (SSSR count). The lowest BCUT2D eigenvalue weighted by atomic mass is 10.0. The van der Waals surface area contributed by atoms with E-state index in [0.717, 1.165) is 6.42 Å². The molecule has 0 amide bonds. The summed E-state index contributed by atoms with van der Waals surface area (Å²) < 4.78 is 1.36. The molecule has 0 saturated heterocycles. The van der Waals surface area contributed by atoms with Gasteiger partial charge in [-0.3, -0.25) is 0 Å². The molecule has 0 aliphatic rings. The standard InChI is InChI=1S/C19H16BrI/c1-13-5-4-8-17(19(13)21)18(20)12-14-9-10-15-6-2-3-7-16(15)11-14/h2-11,18H,12H2,1H3. The van der Waals surface area contributed by atoms with Crippen molar-refractivity contribution in [3.63, 3.8) is 0 Å². The lowest BCUT2D eigenvalue weighted by Gasteiger charge is -2.14. The minimum atomic E-state index is 0.352. The van der Waals surface area contributed by atoms with Gasteiger partial charge in [-0.1, -0.05) is 76.6 Å². The first-order chi connectivity index (χ1) is 10.1. The lowest BCUT2D eigenvalue weighted by molar-refractivity contribution is 0.942. The fourth-order valence-electron chi connectivity index (χ4n) is 2.59. The Bertz CT molecular complexity index is 779. The van der Waals surface area contributed by atoms with Crippen molar-refractivity contribution >= 4 is 49.3 Å². The van der Waals surface area contributed by atoms with Crippen molar-refractivity contribution in [2.45, 2.75) is 18.2 Å². The van der Waals surface area contributed by atoms with E-state index in [0.29, 0.717) is 4.83 Å². The molecule has 1 atom stereocenters. The van der Waals surface area contributed by atoms with Crippen molar-refractivity contribution in [3.8, 4) is 0 Å². The zero-order valence-electron chi connectivity index (χ0n) is 11.8. The molecular weight excluding hydrogens is 435 g/mol. The average Bonchev–Trinajstić information content (AvgIpc) is 2.50. The van der Waals surface area contributed by atoms with Gasteiger partial charge in [-0.25, -0.2) is 0 Å². The molecule has 1 unspecified atom stereocenters. The molecule has 21 heavy (non-hydrogen) atoms. The van der Waals surface area contributed by atoms with Gasteiger partial charge in [0.25, 0.3) is 0 Å². The van der Waals surface area contributed by atoms with Gasteiger partial charge < -0.3 is 0 Å². The van der Waals surface area contributed by atoms with Gasteiger partial charge in [0.1, 0.15) is 0 Å². The van der Waals surface area contributed by atoms with Crippen LogP contribution in [0, 0.1) is 10.5 Å². The highest BCUT2D eigenvalue weighted by molar-refractivity contribution is 14.1. The Morgan fingerprint density at radius 1 is 0.952 bits per heavy atom. The average molecular weight is 451 g/mol. The summed E-state index contributed by atoms with van der Waals surface area (Å²) in [6.07, 6.45) is 1.00. The van der Waals surface area contributed by atoms with Crippen LogP contribution in [0.2, 0.25) is 0 Å². The van der Waals surface area contributed by atoms with Crippen molar-refractivity contribution in [3.05, 3.63) is 80.9 Å². The summed E-state index contributed by atoms with van der Waals surface area (Å²) in [6.45, 7) is 2.17. The van der Waals surface area contributed by atoms with Gasteiger partial charge in [-0.15, -0.1) is 0 Å². The molecule has 0 aliphatic carbocycles. The fourth-order valence-corrected chi connectivity index (χ4v) is 4.51. The number of halogens is 2. The number of hydrogen-bond acceptors (Lipinski definition) is 0. The molecule has 0 bridgehead atoms. The molecule has 0 fully saturated rings. The van der Waals surface area contributed by atoms with Gasteiger partial charge in [-0.2, -0.15) is 0 Å². The Kier molecular flexibility index (Phi) is 4.65. The maximum Gasteiger partial charge on any atom is 0.0446 e. The van der Waals surface area contributed by atoms with Crippen LogP contribution in [0.5, 0.6) is 0 Å². The molecule has 3 aromatic carbocycles. The van der Waals surface area contributed by atoms with Gasteiger partial charge in [0.2, 0.25) is 0 Å². The third kappa shape index (κ3) is 3.32. The van der Waals surface area contributed by atoms with E-state index in [4.69, 9.17) is 0 Å². The molecule has 0 saturated carbocycles. The SMILES string of the molecule is Cc1cccc(C(Br)Cc2ccc3ccccc3c2)c1I. The van der Waals surface area contributed by atoms with Crippen molar-refractivity contribution in [1.82, 2.24) is 0 Å². The van der Waals surface area contributed by atoms with Gasteiger partial charge in [-0.05, 0) is 63.4 Å². The van der Waals surface area contributed by atoms with Crippen LogP contribution in [0.1, 0.15) is 21.5 Å². The van der Waals surface area contributed by atoms with E-state index < -0.39 is 0 Å². The predicted octanol–water partition coefficient (Wildman–Crippen LogP) is 6.43. The summed E-state index contributed by atoms with van der Waals surface area (Å²) in [7, 11) is 0. The zero-order valence-corrected chi connectivity index (χ0v) is 15.6. The van der Waals surface area contributed by atoms with Gasteiger partial charge in [0.15, 0.2) is 0 Å². The summed E-state index contributed by atoms with van der Waals surface area (Å²) >= 11 is 6.31. The summed E-state index contributed by atoms with van der Waals surface area (Å²) in [5.41, 5.74) is 4.09. The van der Waals surface area contributed by atoms with Crippen LogP contribution < -0.4 is 0 Å². The van der Waals surface area contributed by atoms with Crippen LogP contribution >= 0.6 is 38.5 Å². The van der Waals surface area contributed by atoms with Gasteiger partial charge in [0, 0.05) is 8.40 Å². The Balaban J connectivity index is 1.89. The topological polar surface area (TPSA) is 0 Å². The highest BCUT2D eigenvalue weighted by Gasteiger charge is 2.13. The number of hydrogen-bond donors (Lipinski definition) is 0. The van der Waals surface area contributed by atoms with Crippen LogP contribution in [0.25, 0.3) is 10.8 Å². The molecule has 0 nitrogen and oxygen atoms in total. The maximum absolute atomic E-state index is 3.87. The van der Waals surface area contributed by atoms with Gasteiger partial charge in [0.05, 0.1) is 0 Å². The Labute approximate surface area is 147 Å². The minimum Gasteiger partial charge on any atom is -0.0835 e. The third-order valence-electron chi connectivity index (χ3n) is 3.79. The molecule has 0 N–H and O–H groups in total. The highest BCUT2D eigenvalue weighted by atomic mass is 127. The molecule has 0 spiro atoms. The summed E-state index contributed by atoms with van der Waals surface area (Å²) in [5, 5.41) is 2.62. The van der Waals surface area contributed by atoms with E-state index in [2.05, 4.69) is 106 Å². The predicted molar refractivity (Wildman–Crippen MR) is 103 cm³/mol. The normalized spacial score (nSPS) is 12.5. The Hall–Kier alpha value is -0.870. The first-order valence-electron chi connectivity index (χ1n) is 7.02. The molecule has 2 heteroatoms. The molecule has 0 radical (unpaired) electrons. The molecule has 0 heterocycles. The summed E-state index contributed by atoms with van der Waals surface area (Å²) in [5.74, 6) is 0. The first kappa shape index (κ1) is 15.0. The van der Waals surface area contributed by atoms with Gasteiger partial charge >= 0.3 is 0 Å². The highest BCUT2D eigenvalue weighted by Crippen LogP contribution is 2.32. The number of alkyl halides is 1. The van der Waals surface area contributed by atoms with Crippen molar-refractivity contribution in [2.24, 2.45) is 0 Å². The third-order valence-corrected chi connectivity index (χ3v) is 6.08. The summed E-state index contributed by atoms with van der Waals surface area (Å²) in [6, 6.07) is 21.8. The fraction of sp³-hybridized carbons (Fsp3) is 0.158. The first-order valence-corrected chi connectivity index (χ1v) is 9.01. The van der Waals surface area contributed by atoms with Crippen molar-refractivity contribution < 1.29 is 0 Å². The van der Waals surface area contributed by atoms with E-state index in [1.54, 1.807) is 0 Å². The van der Waals surface area contributed by atoms with Crippen molar-refractivity contribution in [2.75, 3.05) is 0 Å². The van der Waals surface area contributed by atoms with E-state index in [9.17, 15) is 0 Å². The largest absolute Gasteiger partial charge is 0.0835 e. The lowest BCUT2D eigenvalue weighted by Crippen LogP contribution is -1.99. The molecule has 0 aliphatic heterocycles. The quantitative estimate of drug-likeness (QED) is 0.318. The van der Waals surface area contributed by atoms with E-state index >= 15 is 0 Å². The van der Waals surface area contributed by atoms with E-state index in [1.807, 2.05) is 0 Å². The molecule has 0 aromatic heterocycles. The van der Waals surface area contributed by atoms with E-state index in [1.165, 1.54) is 31.0 Å². The minimum absolute atomic E-state index is 0.352. The molecule has 106 valence electrons. The van der Waals surface area contributed by atoms with Crippen LogP contribution in [0.4, 0.5) is 0 Å². The second-order valence-corrected chi connectivity index (χ2v) is 7.52. The maximum atomic E-state index is 3.87. The number of aryl methyl sites for hydroxylation is 1. The van der Waals surface area contributed by atoms with E-state index in [-0.39, 0.29) is 0 Å². The van der Waals surface area contributed by atoms with Crippen LogP contribution in [-0.2, 0) is 6.42 Å². The van der Waals surface area contributed by atoms with Crippen LogP contribution in [-0.4, -0.2) is 0 Å². The zero-order chi connectivity index (χ0) is 14.8. The number of rotatable bonds is 3. The summed E-state index contributed by atoms with van der Waals surface area (Å²) in [4.78, 5) is 0.352. The smallest absolute Gasteiger partial charge is 0.0446 e. The molecular formula is C19H16BrI. The second-order valence-electron chi connectivity index (χ2n) is 5.33. The number of fused-ring (bicyclic) bond motifs is 1. The Morgan fingerprint density at radius 3 is 2.52 bits per heavy atom. The second kappa shape index (κ2) is 6.49. The monoisotopic (exact) mass is 450 g/mol. The Morgan fingerprint density at radius 2 is 1.71 bits per heavy atom. The van der Waals surface area contributed by atoms with Crippen LogP contribution in [0.15, 0.2) is 60.7 Å². The van der Waals surface area contributed by atoms with Crippen LogP contribution in [0.3, 0.4) is 0 Å². The van der Waals surface area contributed by atoms with Crippen molar-refractivity contribution in [1.29, 1.82) is 0 Å².